The fourth-order valence-corrected chi connectivity index (χ4v) is 2.52. The highest BCUT2D eigenvalue weighted by Crippen LogP contribution is 2.28. The Morgan fingerprint density at radius 1 is 1.58 bits per heavy atom. The van der Waals surface area contributed by atoms with E-state index in [-0.39, 0.29) is 24.4 Å². The van der Waals surface area contributed by atoms with E-state index in [0.29, 0.717) is 16.3 Å². The number of ether oxygens (including phenoxy) is 1. The zero-order chi connectivity index (χ0) is 13.1. The first-order chi connectivity index (χ1) is 8.61. The Labute approximate surface area is 137 Å². The average molecular weight is 417 g/mol. The number of amides is 1. The molecule has 0 saturated carbocycles. The molecule has 19 heavy (non-hydrogen) atoms. The molecule has 1 unspecified atom stereocenters. The SMILES string of the molecule is COc1cc(I)c(Cl)cc1C(=O)NC1CCNC1.Cl. The Kier molecular flexibility index (Phi) is 6.65. The van der Waals surface area contributed by atoms with Crippen molar-refractivity contribution in [3.05, 3.63) is 26.3 Å². The van der Waals surface area contributed by atoms with Gasteiger partial charge in [0.2, 0.25) is 0 Å². The first kappa shape index (κ1) is 16.8. The number of halogens is 3. The number of hydrogen-bond donors (Lipinski definition) is 2. The lowest BCUT2D eigenvalue weighted by Crippen LogP contribution is -2.36. The Morgan fingerprint density at radius 3 is 2.89 bits per heavy atom. The smallest absolute Gasteiger partial charge is 0.255 e. The molecular weight excluding hydrogens is 402 g/mol. The van der Waals surface area contributed by atoms with E-state index in [2.05, 4.69) is 33.2 Å². The Bertz CT molecular complexity index is 465. The molecule has 4 nitrogen and oxygen atoms in total. The molecule has 1 fully saturated rings. The van der Waals surface area contributed by atoms with E-state index in [1.165, 1.54) is 0 Å². The molecule has 1 aliphatic rings. The predicted octanol–water partition coefficient (Wildman–Crippen LogP) is 2.47. The molecule has 2 N–H and O–H groups in total. The molecule has 1 atom stereocenters. The number of carbonyl (C=O) groups excluding carboxylic acids is 1. The van der Waals surface area contributed by atoms with Gasteiger partial charge in [-0.3, -0.25) is 4.79 Å². The number of carbonyl (C=O) groups is 1. The van der Waals surface area contributed by atoms with Crippen molar-refractivity contribution in [3.8, 4) is 5.75 Å². The van der Waals surface area contributed by atoms with Crippen molar-refractivity contribution in [2.45, 2.75) is 12.5 Å². The molecular formula is C12H15Cl2IN2O2. The second-order valence-electron chi connectivity index (χ2n) is 4.13. The molecule has 1 aromatic carbocycles. The number of methoxy groups -OCH3 is 1. The van der Waals surface area contributed by atoms with Crippen molar-refractivity contribution in [1.82, 2.24) is 10.6 Å². The van der Waals surface area contributed by atoms with Crippen LogP contribution in [-0.4, -0.2) is 32.1 Å². The molecule has 1 saturated heterocycles. The van der Waals surface area contributed by atoms with E-state index < -0.39 is 0 Å². The van der Waals surface area contributed by atoms with Crippen LogP contribution in [0.15, 0.2) is 12.1 Å². The van der Waals surface area contributed by atoms with Crippen LogP contribution in [0.3, 0.4) is 0 Å². The van der Waals surface area contributed by atoms with Gasteiger partial charge in [0, 0.05) is 16.2 Å². The third kappa shape index (κ3) is 4.11. The lowest BCUT2D eigenvalue weighted by atomic mass is 10.1. The van der Waals surface area contributed by atoms with Gasteiger partial charge >= 0.3 is 0 Å². The fourth-order valence-electron chi connectivity index (χ4n) is 1.92. The number of nitrogens with one attached hydrogen (secondary N) is 2. The zero-order valence-corrected chi connectivity index (χ0v) is 14.1. The third-order valence-electron chi connectivity index (χ3n) is 2.88. The van der Waals surface area contributed by atoms with Crippen LogP contribution in [0, 0.1) is 3.57 Å². The summed E-state index contributed by atoms with van der Waals surface area (Å²) < 4.78 is 6.09. The summed E-state index contributed by atoms with van der Waals surface area (Å²) in [6.45, 7) is 1.75. The maximum atomic E-state index is 12.2. The second kappa shape index (κ2) is 7.52. The van der Waals surface area contributed by atoms with E-state index in [9.17, 15) is 4.79 Å². The fraction of sp³-hybridized carbons (Fsp3) is 0.417. The summed E-state index contributed by atoms with van der Waals surface area (Å²) in [6.07, 6.45) is 0.951. The van der Waals surface area contributed by atoms with Crippen LogP contribution in [0.2, 0.25) is 5.02 Å². The summed E-state index contributed by atoms with van der Waals surface area (Å²) in [7, 11) is 1.55. The topological polar surface area (TPSA) is 50.4 Å². The summed E-state index contributed by atoms with van der Waals surface area (Å²) in [4.78, 5) is 12.2. The van der Waals surface area contributed by atoms with Gasteiger partial charge in [0.15, 0.2) is 0 Å². The summed E-state index contributed by atoms with van der Waals surface area (Å²) in [5, 5.41) is 6.74. The van der Waals surface area contributed by atoms with Gasteiger partial charge in [-0.25, -0.2) is 0 Å². The summed E-state index contributed by atoms with van der Waals surface area (Å²) in [5.74, 6) is 0.408. The summed E-state index contributed by atoms with van der Waals surface area (Å²) in [5.41, 5.74) is 0.481. The van der Waals surface area contributed by atoms with Gasteiger partial charge in [-0.2, -0.15) is 0 Å². The second-order valence-corrected chi connectivity index (χ2v) is 5.70. The number of hydrogen-bond acceptors (Lipinski definition) is 3. The van der Waals surface area contributed by atoms with Gasteiger partial charge in [-0.05, 0) is 47.7 Å². The molecule has 1 aliphatic heterocycles. The van der Waals surface area contributed by atoms with Crippen LogP contribution in [-0.2, 0) is 0 Å². The molecule has 7 heteroatoms. The highest BCUT2D eigenvalue weighted by molar-refractivity contribution is 14.1. The summed E-state index contributed by atoms with van der Waals surface area (Å²) >= 11 is 8.16. The maximum Gasteiger partial charge on any atom is 0.255 e. The van der Waals surface area contributed by atoms with Crippen LogP contribution in [0.5, 0.6) is 5.75 Å². The third-order valence-corrected chi connectivity index (χ3v) is 4.41. The van der Waals surface area contributed by atoms with Crippen molar-refractivity contribution in [1.29, 1.82) is 0 Å². The van der Waals surface area contributed by atoms with Crippen LogP contribution in [0.4, 0.5) is 0 Å². The van der Waals surface area contributed by atoms with Gasteiger partial charge in [0.1, 0.15) is 5.75 Å². The number of rotatable bonds is 3. The molecule has 1 amide bonds. The van der Waals surface area contributed by atoms with Crippen molar-refractivity contribution < 1.29 is 9.53 Å². The first-order valence-electron chi connectivity index (χ1n) is 5.66. The first-order valence-corrected chi connectivity index (χ1v) is 7.12. The van der Waals surface area contributed by atoms with Crippen LogP contribution in [0.1, 0.15) is 16.8 Å². The molecule has 2 rings (SSSR count). The molecule has 0 radical (unpaired) electrons. The van der Waals surface area contributed by atoms with Crippen LogP contribution in [0.25, 0.3) is 0 Å². The Balaban J connectivity index is 0.00000180. The standard InChI is InChI=1S/C12H14ClIN2O2.ClH/c1-18-11-5-10(14)9(13)4-8(11)12(17)16-7-2-3-15-6-7;/h4-5,7,15H,2-3,6H2,1H3,(H,16,17);1H. The highest BCUT2D eigenvalue weighted by Gasteiger charge is 2.20. The molecule has 106 valence electrons. The minimum atomic E-state index is -0.140. The summed E-state index contributed by atoms with van der Waals surface area (Å²) in [6, 6.07) is 3.60. The van der Waals surface area contributed by atoms with Gasteiger partial charge in [-0.1, -0.05) is 11.6 Å². The quantitative estimate of drug-likeness (QED) is 0.744. The van der Waals surface area contributed by atoms with Crippen LogP contribution < -0.4 is 15.4 Å². The van der Waals surface area contributed by atoms with Crippen LogP contribution >= 0.6 is 46.6 Å². The normalized spacial score (nSPS) is 17.7. The average Bonchev–Trinajstić information content (AvgIpc) is 2.84. The lowest BCUT2D eigenvalue weighted by molar-refractivity contribution is 0.0937. The molecule has 1 aromatic rings. The van der Waals surface area contributed by atoms with Gasteiger partial charge < -0.3 is 15.4 Å². The minimum Gasteiger partial charge on any atom is -0.496 e. The van der Waals surface area contributed by atoms with E-state index in [0.717, 1.165) is 23.1 Å². The van der Waals surface area contributed by atoms with Crippen molar-refractivity contribution in [3.63, 3.8) is 0 Å². The largest absolute Gasteiger partial charge is 0.496 e. The van der Waals surface area contributed by atoms with E-state index >= 15 is 0 Å². The van der Waals surface area contributed by atoms with Gasteiger partial charge in [0.05, 0.1) is 17.7 Å². The van der Waals surface area contributed by atoms with Crippen molar-refractivity contribution >= 4 is 52.5 Å². The maximum absolute atomic E-state index is 12.2. The Hall–Kier alpha value is -0.240. The minimum absolute atomic E-state index is 0. The van der Waals surface area contributed by atoms with E-state index in [1.807, 2.05) is 0 Å². The van der Waals surface area contributed by atoms with E-state index in [4.69, 9.17) is 16.3 Å². The Morgan fingerprint density at radius 2 is 2.32 bits per heavy atom. The van der Waals surface area contributed by atoms with Gasteiger partial charge in [0.25, 0.3) is 5.91 Å². The zero-order valence-electron chi connectivity index (χ0n) is 10.3. The molecule has 0 spiro atoms. The van der Waals surface area contributed by atoms with E-state index in [1.54, 1.807) is 19.2 Å². The molecule has 0 aliphatic carbocycles. The molecule has 0 aromatic heterocycles. The molecule has 0 bridgehead atoms. The lowest BCUT2D eigenvalue weighted by Gasteiger charge is -2.14. The highest BCUT2D eigenvalue weighted by atomic mass is 127. The van der Waals surface area contributed by atoms with Crippen molar-refractivity contribution in [2.24, 2.45) is 0 Å². The van der Waals surface area contributed by atoms with Gasteiger partial charge in [-0.15, -0.1) is 12.4 Å². The monoisotopic (exact) mass is 416 g/mol. The molecule has 1 heterocycles. The number of benzene rings is 1. The van der Waals surface area contributed by atoms with Crippen molar-refractivity contribution in [2.75, 3.05) is 20.2 Å². The predicted molar refractivity (Wildman–Crippen MR) is 86.7 cm³/mol.